The van der Waals surface area contributed by atoms with E-state index in [0.717, 1.165) is 11.1 Å². The molecule has 0 aliphatic carbocycles. The summed E-state index contributed by atoms with van der Waals surface area (Å²) in [6.07, 6.45) is 3.04. The SMILES string of the molecule is Cc1ccc(S(=O)(=O)CCOC(=O)/C=C/[C@H](CC[C@@H](C)O)OCc2ccccc2)cc1. The lowest BCUT2D eigenvalue weighted by atomic mass is 10.1. The van der Waals surface area contributed by atoms with Gasteiger partial charge in [0.15, 0.2) is 9.84 Å². The number of benzene rings is 2. The third kappa shape index (κ3) is 9.46. The second kappa shape index (κ2) is 12.4. The smallest absolute Gasteiger partial charge is 0.330 e. The molecule has 0 saturated heterocycles. The molecule has 0 radical (unpaired) electrons. The van der Waals surface area contributed by atoms with Gasteiger partial charge in [0.25, 0.3) is 0 Å². The van der Waals surface area contributed by atoms with Crippen LogP contribution in [0.4, 0.5) is 0 Å². The molecule has 0 aromatic heterocycles. The monoisotopic (exact) mass is 446 g/mol. The molecule has 0 aliphatic heterocycles. The topological polar surface area (TPSA) is 89.9 Å². The summed E-state index contributed by atoms with van der Waals surface area (Å²) >= 11 is 0. The van der Waals surface area contributed by atoms with E-state index in [1.807, 2.05) is 37.3 Å². The first-order valence-corrected chi connectivity index (χ1v) is 11.9. The number of hydrogen-bond donors (Lipinski definition) is 1. The van der Waals surface area contributed by atoms with Gasteiger partial charge >= 0.3 is 5.97 Å². The van der Waals surface area contributed by atoms with Gasteiger partial charge in [0.2, 0.25) is 0 Å². The van der Waals surface area contributed by atoms with Gasteiger partial charge in [0, 0.05) is 6.08 Å². The number of esters is 1. The van der Waals surface area contributed by atoms with Gasteiger partial charge in [-0.3, -0.25) is 0 Å². The minimum Gasteiger partial charge on any atom is -0.461 e. The fourth-order valence-corrected chi connectivity index (χ4v) is 3.86. The highest BCUT2D eigenvalue weighted by atomic mass is 32.2. The Bertz CT molecular complexity index is 934. The van der Waals surface area contributed by atoms with E-state index in [0.29, 0.717) is 19.4 Å². The average molecular weight is 447 g/mol. The van der Waals surface area contributed by atoms with Gasteiger partial charge in [0.05, 0.1) is 29.5 Å². The third-order valence-electron chi connectivity index (χ3n) is 4.60. The molecule has 0 saturated carbocycles. The number of aryl methyl sites for hydroxylation is 1. The maximum Gasteiger partial charge on any atom is 0.330 e. The van der Waals surface area contributed by atoms with Crippen LogP contribution >= 0.6 is 0 Å². The Balaban J connectivity index is 1.85. The number of carbonyl (C=O) groups excluding carboxylic acids is 1. The molecule has 0 spiro atoms. The lowest BCUT2D eigenvalue weighted by Crippen LogP contribution is -2.16. The summed E-state index contributed by atoms with van der Waals surface area (Å²) in [5, 5.41) is 9.54. The van der Waals surface area contributed by atoms with Crippen molar-refractivity contribution >= 4 is 15.8 Å². The molecule has 0 unspecified atom stereocenters. The zero-order valence-electron chi connectivity index (χ0n) is 17.9. The number of aliphatic hydroxyl groups is 1. The second-order valence-electron chi connectivity index (χ2n) is 7.42. The number of ether oxygens (including phenoxy) is 2. The molecule has 0 heterocycles. The summed E-state index contributed by atoms with van der Waals surface area (Å²) in [6, 6.07) is 16.2. The van der Waals surface area contributed by atoms with Crippen LogP contribution in [-0.4, -0.2) is 44.1 Å². The minimum atomic E-state index is -3.52. The first-order valence-electron chi connectivity index (χ1n) is 10.2. The van der Waals surface area contributed by atoms with Gasteiger partial charge in [0.1, 0.15) is 6.61 Å². The first-order chi connectivity index (χ1) is 14.8. The van der Waals surface area contributed by atoms with Crippen LogP contribution in [0.25, 0.3) is 0 Å². The van der Waals surface area contributed by atoms with Gasteiger partial charge in [-0.1, -0.05) is 48.0 Å². The maximum atomic E-state index is 12.3. The van der Waals surface area contributed by atoms with Gasteiger partial charge in [-0.2, -0.15) is 0 Å². The van der Waals surface area contributed by atoms with Crippen LogP contribution < -0.4 is 0 Å². The standard InChI is InChI=1S/C24H30O6S/c1-19-8-13-23(14-9-19)31(27,28)17-16-29-24(26)15-12-22(11-10-20(2)25)30-18-21-6-4-3-5-7-21/h3-9,12-15,20,22,25H,10-11,16-18H2,1-2H3/b15-12+/t20-,22+/m1/s1. The van der Waals surface area contributed by atoms with Crippen LogP contribution in [0.3, 0.4) is 0 Å². The highest BCUT2D eigenvalue weighted by molar-refractivity contribution is 7.91. The summed E-state index contributed by atoms with van der Waals surface area (Å²) in [6.45, 7) is 3.71. The number of aliphatic hydroxyl groups excluding tert-OH is 1. The first kappa shape index (κ1) is 24.8. The van der Waals surface area contributed by atoms with Crippen molar-refractivity contribution in [1.29, 1.82) is 0 Å². The van der Waals surface area contributed by atoms with Crippen molar-refractivity contribution in [2.24, 2.45) is 0 Å². The Morgan fingerprint density at radius 3 is 2.39 bits per heavy atom. The molecule has 168 valence electrons. The van der Waals surface area contributed by atoms with E-state index in [9.17, 15) is 18.3 Å². The van der Waals surface area contributed by atoms with Crippen molar-refractivity contribution in [2.45, 2.75) is 50.4 Å². The van der Waals surface area contributed by atoms with Gasteiger partial charge < -0.3 is 14.6 Å². The number of hydrogen-bond acceptors (Lipinski definition) is 6. The van der Waals surface area contributed by atoms with Crippen molar-refractivity contribution in [3.63, 3.8) is 0 Å². The fraction of sp³-hybridized carbons (Fsp3) is 0.375. The van der Waals surface area contributed by atoms with Gasteiger partial charge in [-0.15, -0.1) is 0 Å². The molecule has 6 nitrogen and oxygen atoms in total. The van der Waals surface area contributed by atoms with E-state index < -0.39 is 21.9 Å². The Morgan fingerprint density at radius 1 is 1.06 bits per heavy atom. The fourth-order valence-electron chi connectivity index (χ4n) is 2.77. The van der Waals surface area contributed by atoms with E-state index in [2.05, 4.69) is 0 Å². The van der Waals surface area contributed by atoms with Gasteiger partial charge in [-0.25, -0.2) is 13.2 Å². The van der Waals surface area contributed by atoms with Crippen LogP contribution in [0.1, 0.15) is 30.9 Å². The molecule has 0 aliphatic rings. The highest BCUT2D eigenvalue weighted by Gasteiger charge is 2.15. The summed E-state index contributed by atoms with van der Waals surface area (Å²) in [4.78, 5) is 12.2. The molecular formula is C24H30O6S. The quantitative estimate of drug-likeness (QED) is 0.396. The molecule has 7 heteroatoms. The summed E-state index contributed by atoms with van der Waals surface area (Å²) < 4.78 is 35.5. The van der Waals surface area contributed by atoms with Crippen LogP contribution in [0.2, 0.25) is 0 Å². The van der Waals surface area contributed by atoms with Crippen molar-refractivity contribution in [3.05, 3.63) is 77.9 Å². The molecule has 0 fully saturated rings. The number of carbonyl (C=O) groups is 1. The van der Waals surface area contributed by atoms with E-state index in [4.69, 9.17) is 9.47 Å². The van der Waals surface area contributed by atoms with Crippen molar-refractivity contribution in [1.82, 2.24) is 0 Å². The molecule has 2 rings (SSSR count). The van der Waals surface area contributed by atoms with Crippen molar-refractivity contribution in [3.8, 4) is 0 Å². The van der Waals surface area contributed by atoms with E-state index in [1.165, 1.54) is 6.08 Å². The molecule has 2 aromatic rings. The Hall–Kier alpha value is -2.48. The highest BCUT2D eigenvalue weighted by Crippen LogP contribution is 2.13. The number of sulfone groups is 1. The third-order valence-corrected chi connectivity index (χ3v) is 6.29. The zero-order chi connectivity index (χ0) is 22.7. The molecule has 0 bridgehead atoms. The van der Waals surface area contributed by atoms with E-state index in [-0.39, 0.29) is 23.4 Å². The Morgan fingerprint density at radius 2 is 1.74 bits per heavy atom. The molecule has 1 N–H and O–H groups in total. The largest absolute Gasteiger partial charge is 0.461 e. The minimum absolute atomic E-state index is 0.206. The van der Waals surface area contributed by atoms with Crippen LogP contribution in [0.15, 0.2) is 71.6 Å². The average Bonchev–Trinajstić information content (AvgIpc) is 2.74. The van der Waals surface area contributed by atoms with Crippen LogP contribution in [-0.2, 0) is 30.7 Å². The predicted octanol–water partition coefficient (Wildman–Crippen LogP) is 3.61. The van der Waals surface area contributed by atoms with Crippen molar-refractivity contribution in [2.75, 3.05) is 12.4 Å². The van der Waals surface area contributed by atoms with Crippen molar-refractivity contribution < 1.29 is 27.8 Å². The summed E-state index contributed by atoms with van der Waals surface area (Å²) in [5.41, 5.74) is 1.97. The molecule has 2 aromatic carbocycles. The lowest BCUT2D eigenvalue weighted by Gasteiger charge is -2.15. The molecule has 31 heavy (non-hydrogen) atoms. The molecule has 0 amide bonds. The Kier molecular flexibility index (Phi) is 9.91. The second-order valence-corrected chi connectivity index (χ2v) is 9.53. The summed E-state index contributed by atoms with van der Waals surface area (Å²) in [5.74, 6) is -0.921. The molecular weight excluding hydrogens is 416 g/mol. The summed E-state index contributed by atoms with van der Waals surface area (Å²) in [7, 11) is -3.52. The lowest BCUT2D eigenvalue weighted by molar-refractivity contribution is -0.137. The number of rotatable bonds is 12. The predicted molar refractivity (Wildman–Crippen MR) is 119 cm³/mol. The normalized spacial score (nSPS) is 13.8. The maximum absolute atomic E-state index is 12.3. The van der Waals surface area contributed by atoms with Gasteiger partial charge in [-0.05, 0) is 50.5 Å². The van der Waals surface area contributed by atoms with E-state index >= 15 is 0 Å². The van der Waals surface area contributed by atoms with Crippen LogP contribution in [0, 0.1) is 6.92 Å². The van der Waals surface area contributed by atoms with E-state index in [1.54, 1.807) is 37.3 Å². The van der Waals surface area contributed by atoms with Crippen LogP contribution in [0.5, 0.6) is 0 Å². The molecule has 2 atom stereocenters. The Labute approximate surface area is 184 Å². The zero-order valence-corrected chi connectivity index (χ0v) is 18.8.